The van der Waals surface area contributed by atoms with E-state index in [1.165, 1.54) is 24.1 Å². The van der Waals surface area contributed by atoms with Gasteiger partial charge in [-0.25, -0.2) is 14.4 Å². The predicted octanol–water partition coefficient (Wildman–Crippen LogP) is 1.48. The van der Waals surface area contributed by atoms with E-state index >= 15 is 0 Å². The number of nitrogen functional groups attached to an aromatic ring is 1. The van der Waals surface area contributed by atoms with Crippen LogP contribution in [0.3, 0.4) is 0 Å². The third-order valence-corrected chi connectivity index (χ3v) is 5.14. The van der Waals surface area contributed by atoms with Crippen LogP contribution in [0.15, 0.2) is 12.5 Å². The lowest BCUT2D eigenvalue weighted by Crippen LogP contribution is -2.20. The number of anilines is 1. The van der Waals surface area contributed by atoms with Crippen LogP contribution >= 0.6 is 7.37 Å². The Balaban J connectivity index is 2.06. The number of nitrogens with two attached hydrogens (primary N) is 1. The van der Waals surface area contributed by atoms with E-state index in [0.717, 1.165) is 0 Å². The van der Waals surface area contributed by atoms with Crippen LogP contribution in [0.1, 0.15) is 12.5 Å². The van der Waals surface area contributed by atoms with Gasteiger partial charge in [-0.1, -0.05) is 0 Å². The van der Waals surface area contributed by atoms with E-state index in [1.54, 1.807) is 6.92 Å². The zero-order valence-corrected chi connectivity index (χ0v) is 14.5. The molecule has 2 N–H and O–H groups in total. The van der Waals surface area contributed by atoms with E-state index in [0.29, 0.717) is 11.2 Å². The highest BCUT2D eigenvalue weighted by Crippen LogP contribution is 2.46. The maximum absolute atomic E-state index is 13.3. The topological polar surface area (TPSA) is 114 Å². The van der Waals surface area contributed by atoms with Crippen molar-refractivity contribution in [3.63, 3.8) is 0 Å². The van der Waals surface area contributed by atoms with Gasteiger partial charge in [0.2, 0.25) is 5.95 Å². The summed E-state index contributed by atoms with van der Waals surface area (Å²) in [5.74, 6) is 0.185. The van der Waals surface area contributed by atoms with E-state index in [1.807, 2.05) is 0 Å². The molecule has 0 fully saturated rings. The van der Waals surface area contributed by atoms with E-state index in [2.05, 4.69) is 15.1 Å². The summed E-state index contributed by atoms with van der Waals surface area (Å²) in [6, 6.07) is 0. The zero-order chi connectivity index (χ0) is 17.6. The lowest BCUT2D eigenvalue weighted by Gasteiger charge is -2.20. The first kappa shape index (κ1) is 18.7. The van der Waals surface area contributed by atoms with Crippen LogP contribution in [-0.4, -0.2) is 58.8 Å². The van der Waals surface area contributed by atoms with E-state index in [9.17, 15) is 8.96 Å². The van der Waals surface area contributed by atoms with Gasteiger partial charge in [-0.3, -0.25) is 4.57 Å². The quantitative estimate of drug-likeness (QED) is 0.633. The highest BCUT2D eigenvalue weighted by molar-refractivity contribution is 7.58. The minimum Gasteiger partial charge on any atom is -0.375 e. The van der Waals surface area contributed by atoms with Gasteiger partial charge in [0.15, 0.2) is 5.65 Å². The molecule has 0 aliphatic rings. The zero-order valence-electron chi connectivity index (χ0n) is 13.6. The summed E-state index contributed by atoms with van der Waals surface area (Å²) >= 11 is 0. The number of halogens is 1. The molecule has 0 bridgehead atoms. The summed E-state index contributed by atoms with van der Waals surface area (Å²) in [5.41, 5.74) is 6.83. The lowest BCUT2D eigenvalue weighted by molar-refractivity contribution is 0.0568. The fourth-order valence-electron chi connectivity index (χ4n) is 2.19. The molecular weight excluding hydrogens is 340 g/mol. The minimum absolute atomic E-state index is 0.0830. The molecule has 2 aromatic rings. The van der Waals surface area contributed by atoms with Crippen LogP contribution in [0.25, 0.3) is 5.65 Å². The molecule has 2 rings (SSSR count). The van der Waals surface area contributed by atoms with Gasteiger partial charge in [0, 0.05) is 19.1 Å². The average molecular weight is 361 g/mol. The summed E-state index contributed by atoms with van der Waals surface area (Å²) in [6.07, 6.45) is 1.93. The van der Waals surface area contributed by atoms with E-state index in [-0.39, 0.29) is 31.7 Å². The first-order valence-corrected chi connectivity index (χ1v) is 9.34. The summed E-state index contributed by atoms with van der Waals surface area (Å²) in [6.45, 7) is 1.23. The van der Waals surface area contributed by atoms with E-state index < -0.39 is 20.1 Å². The van der Waals surface area contributed by atoms with Crippen molar-refractivity contribution in [3.8, 4) is 0 Å². The Hall–Kier alpha value is -1.61. The molecule has 24 heavy (non-hydrogen) atoms. The van der Waals surface area contributed by atoms with Gasteiger partial charge in [0.1, 0.15) is 25.7 Å². The highest BCUT2D eigenvalue weighted by Gasteiger charge is 2.26. The summed E-state index contributed by atoms with van der Waals surface area (Å²) < 4.78 is 42.7. The Morgan fingerprint density at radius 3 is 2.88 bits per heavy atom. The van der Waals surface area contributed by atoms with Crippen molar-refractivity contribution in [3.05, 3.63) is 18.1 Å². The summed E-state index contributed by atoms with van der Waals surface area (Å²) in [7, 11) is -1.69. The fourth-order valence-corrected chi connectivity index (χ4v) is 3.71. The number of hydrogen-bond donors (Lipinski definition) is 1. The first-order chi connectivity index (χ1) is 11.5. The first-order valence-electron chi connectivity index (χ1n) is 7.35. The minimum atomic E-state index is -3.11. The molecule has 0 radical (unpaired) electrons. The van der Waals surface area contributed by atoms with Crippen LogP contribution in [0, 0.1) is 0 Å². The van der Waals surface area contributed by atoms with Crippen molar-refractivity contribution in [2.75, 3.05) is 38.8 Å². The molecule has 0 amide bonds. The molecule has 0 aliphatic carbocycles. The number of rotatable bonds is 10. The van der Waals surface area contributed by atoms with Gasteiger partial charge >= 0.3 is 0 Å². The Morgan fingerprint density at radius 1 is 1.42 bits per heavy atom. The Bertz CT molecular complexity index is 703. The number of ether oxygens (including phenoxy) is 2. The van der Waals surface area contributed by atoms with Crippen molar-refractivity contribution in [1.29, 1.82) is 0 Å². The average Bonchev–Trinajstić information content (AvgIpc) is 2.96. The van der Waals surface area contributed by atoms with Crippen LogP contribution in [0.2, 0.25) is 0 Å². The SMILES string of the molecule is CCOP(=O)(COC)CO[C@@H](CF)Cc1cnn2c(N)ncnc12. The van der Waals surface area contributed by atoms with Crippen LogP contribution in [0.4, 0.5) is 10.3 Å². The number of alkyl halides is 1. The van der Waals surface area contributed by atoms with Crippen LogP contribution < -0.4 is 5.73 Å². The van der Waals surface area contributed by atoms with Gasteiger partial charge in [0.05, 0.1) is 18.9 Å². The third-order valence-electron chi connectivity index (χ3n) is 3.22. The fraction of sp³-hybridized carbons (Fsp3) is 0.615. The van der Waals surface area contributed by atoms with Crippen molar-refractivity contribution in [2.45, 2.75) is 19.4 Å². The van der Waals surface area contributed by atoms with E-state index in [4.69, 9.17) is 19.7 Å². The molecular formula is C13H21FN5O4P. The molecule has 11 heteroatoms. The lowest BCUT2D eigenvalue weighted by atomic mass is 10.1. The Morgan fingerprint density at radius 2 is 2.21 bits per heavy atom. The van der Waals surface area contributed by atoms with Gasteiger partial charge in [-0.2, -0.15) is 9.61 Å². The standard InChI is InChI=1S/C13H21FN5O4P/c1-3-23-24(20,8-21-2)9-22-11(5-14)4-10-6-18-19-12(10)16-7-17-13(19)15/h6-7,11H,3-5,8-9H2,1-2H3,(H2,15,16,17)/t11-,24?/m1/s1. The van der Waals surface area contributed by atoms with Gasteiger partial charge < -0.3 is 19.7 Å². The molecule has 0 spiro atoms. The van der Waals surface area contributed by atoms with Crippen molar-refractivity contribution in [2.24, 2.45) is 0 Å². The van der Waals surface area contributed by atoms with Crippen LogP contribution in [0.5, 0.6) is 0 Å². The smallest absolute Gasteiger partial charge is 0.252 e. The molecule has 2 aromatic heterocycles. The second-order valence-corrected chi connectivity index (χ2v) is 7.47. The maximum Gasteiger partial charge on any atom is 0.252 e. The predicted molar refractivity (Wildman–Crippen MR) is 85.7 cm³/mol. The molecule has 2 heterocycles. The van der Waals surface area contributed by atoms with Crippen molar-refractivity contribution >= 4 is 19.0 Å². The van der Waals surface area contributed by atoms with Crippen molar-refractivity contribution < 1.29 is 23.0 Å². The number of aromatic nitrogens is 4. The number of nitrogens with zero attached hydrogens (tertiary/aromatic N) is 4. The van der Waals surface area contributed by atoms with Gasteiger partial charge in [-0.15, -0.1) is 0 Å². The Labute approximate surface area is 138 Å². The number of hydrogen-bond acceptors (Lipinski definition) is 8. The van der Waals surface area contributed by atoms with Gasteiger partial charge in [0.25, 0.3) is 7.37 Å². The van der Waals surface area contributed by atoms with Gasteiger partial charge in [-0.05, 0) is 6.92 Å². The number of fused-ring (bicyclic) bond motifs is 1. The molecule has 9 nitrogen and oxygen atoms in total. The normalized spacial score (nSPS) is 15.5. The molecule has 0 aromatic carbocycles. The van der Waals surface area contributed by atoms with Crippen LogP contribution in [-0.2, 0) is 25.0 Å². The molecule has 0 aliphatic heterocycles. The maximum atomic E-state index is 13.3. The monoisotopic (exact) mass is 361 g/mol. The molecule has 1 unspecified atom stereocenters. The summed E-state index contributed by atoms with van der Waals surface area (Å²) in [4.78, 5) is 7.91. The highest BCUT2D eigenvalue weighted by atomic mass is 31.2. The third kappa shape index (κ3) is 4.47. The second kappa shape index (κ2) is 8.48. The molecule has 134 valence electrons. The molecule has 0 saturated carbocycles. The number of methoxy groups -OCH3 is 1. The largest absolute Gasteiger partial charge is 0.375 e. The Kier molecular flexibility index (Phi) is 6.61. The van der Waals surface area contributed by atoms with Crippen molar-refractivity contribution in [1.82, 2.24) is 19.6 Å². The second-order valence-electron chi connectivity index (χ2n) is 5.06. The molecule has 2 atom stereocenters. The molecule has 0 saturated heterocycles. The summed E-state index contributed by atoms with van der Waals surface area (Å²) in [5, 5.41) is 4.06.